The van der Waals surface area contributed by atoms with Crippen LogP contribution in [-0.4, -0.2) is 5.16 Å². The van der Waals surface area contributed by atoms with Gasteiger partial charge in [0.25, 0.3) is 0 Å². The SMILES string of the molecule is NCc1ccc2onc(C3CCCC3)c2c1. The van der Waals surface area contributed by atoms with Gasteiger partial charge in [-0.1, -0.05) is 24.1 Å². The lowest BCUT2D eigenvalue weighted by atomic mass is 9.99. The highest BCUT2D eigenvalue weighted by Gasteiger charge is 2.22. The molecule has 0 bridgehead atoms. The molecule has 0 spiro atoms. The predicted molar refractivity (Wildman–Crippen MR) is 63.1 cm³/mol. The summed E-state index contributed by atoms with van der Waals surface area (Å²) in [6.07, 6.45) is 5.12. The highest BCUT2D eigenvalue weighted by atomic mass is 16.5. The lowest BCUT2D eigenvalue weighted by Gasteiger charge is -2.04. The maximum Gasteiger partial charge on any atom is 0.167 e. The summed E-state index contributed by atoms with van der Waals surface area (Å²) in [6, 6.07) is 6.11. The summed E-state index contributed by atoms with van der Waals surface area (Å²) in [6.45, 7) is 0.575. The molecule has 1 saturated carbocycles. The second kappa shape index (κ2) is 3.91. The highest BCUT2D eigenvalue weighted by Crippen LogP contribution is 2.37. The van der Waals surface area contributed by atoms with Gasteiger partial charge < -0.3 is 10.3 Å². The van der Waals surface area contributed by atoms with Gasteiger partial charge in [0.1, 0.15) is 0 Å². The molecule has 3 heteroatoms. The van der Waals surface area contributed by atoms with Crippen LogP contribution in [0.2, 0.25) is 0 Å². The average molecular weight is 216 g/mol. The first-order chi connectivity index (χ1) is 7.88. The third-order valence-electron chi connectivity index (χ3n) is 3.54. The fourth-order valence-electron chi connectivity index (χ4n) is 2.63. The second-order valence-electron chi connectivity index (χ2n) is 4.58. The van der Waals surface area contributed by atoms with E-state index in [1.165, 1.54) is 25.7 Å². The quantitative estimate of drug-likeness (QED) is 0.839. The molecule has 1 aliphatic rings. The first kappa shape index (κ1) is 9.85. The zero-order valence-electron chi connectivity index (χ0n) is 9.28. The summed E-state index contributed by atoms with van der Waals surface area (Å²) in [5.41, 5.74) is 8.84. The van der Waals surface area contributed by atoms with Crippen LogP contribution in [0.4, 0.5) is 0 Å². The zero-order chi connectivity index (χ0) is 11.0. The minimum Gasteiger partial charge on any atom is -0.356 e. The van der Waals surface area contributed by atoms with E-state index in [2.05, 4.69) is 11.2 Å². The predicted octanol–water partition coefficient (Wildman–Crippen LogP) is 2.94. The molecule has 0 aliphatic heterocycles. The molecule has 0 radical (unpaired) electrons. The molecule has 2 N–H and O–H groups in total. The number of aromatic nitrogens is 1. The Bertz CT molecular complexity index is 498. The van der Waals surface area contributed by atoms with Gasteiger partial charge in [0.05, 0.1) is 5.69 Å². The first-order valence-electron chi connectivity index (χ1n) is 5.97. The van der Waals surface area contributed by atoms with Crippen molar-refractivity contribution in [3.8, 4) is 0 Å². The van der Waals surface area contributed by atoms with Crippen molar-refractivity contribution in [2.75, 3.05) is 0 Å². The van der Waals surface area contributed by atoms with E-state index in [9.17, 15) is 0 Å². The number of benzene rings is 1. The van der Waals surface area contributed by atoms with Crippen molar-refractivity contribution < 1.29 is 4.52 Å². The molecular weight excluding hydrogens is 200 g/mol. The van der Waals surface area contributed by atoms with Crippen LogP contribution in [0.1, 0.15) is 42.9 Å². The van der Waals surface area contributed by atoms with E-state index >= 15 is 0 Å². The van der Waals surface area contributed by atoms with Gasteiger partial charge in [0, 0.05) is 17.8 Å². The van der Waals surface area contributed by atoms with Crippen molar-refractivity contribution in [1.29, 1.82) is 0 Å². The summed E-state index contributed by atoms with van der Waals surface area (Å²) in [4.78, 5) is 0. The van der Waals surface area contributed by atoms with E-state index in [4.69, 9.17) is 10.3 Å². The van der Waals surface area contributed by atoms with E-state index in [-0.39, 0.29) is 0 Å². The lowest BCUT2D eigenvalue weighted by molar-refractivity contribution is 0.437. The summed E-state index contributed by atoms with van der Waals surface area (Å²) in [7, 11) is 0. The Morgan fingerprint density at radius 3 is 2.88 bits per heavy atom. The number of rotatable bonds is 2. The van der Waals surface area contributed by atoms with Gasteiger partial charge in [-0.05, 0) is 30.5 Å². The Morgan fingerprint density at radius 2 is 2.12 bits per heavy atom. The van der Waals surface area contributed by atoms with Crippen LogP contribution < -0.4 is 5.73 Å². The van der Waals surface area contributed by atoms with Crippen molar-refractivity contribution in [3.05, 3.63) is 29.5 Å². The molecule has 3 rings (SSSR count). The van der Waals surface area contributed by atoms with Gasteiger partial charge in [-0.15, -0.1) is 0 Å². The molecule has 2 aromatic rings. The highest BCUT2D eigenvalue weighted by molar-refractivity contribution is 5.80. The van der Waals surface area contributed by atoms with Gasteiger partial charge in [-0.3, -0.25) is 0 Å². The molecular formula is C13H16N2O. The Morgan fingerprint density at radius 1 is 1.31 bits per heavy atom. The molecule has 16 heavy (non-hydrogen) atoms. The lowest BCUT2D eigenvalue weighted by Crippen LogP contribution is -1.96. The summed E-state index contributed by atoms with van der Waals surface area (Å²) in [5.74, 6) is 0.592. The largest absolute Gasteiger partial charge is 0.356 e. The Labute approximate surface area is 94.6 Å². The van der Waals surface area contributed by atoms with Crippen molar-refractivity contribution >= 4 is 11.0 Å². The second-order valence-corrected chi connectivity index (χ2v) is 4.58. The Hall–Kier alpha value is -1.35. The number of nitrogens with two attached hydrogens (primary N) is 1. The van der Waals surface area contributed by atoms with Gasteiger partial charge >= 0.3 is 0 Å². The van der Waals surface area contributed by atoms with E-state index in [0.29, 0.717) is 12.5 Å². The molecule has 1 fully saturated rings. The summed E-state index contributed by atoms with van der Waals surface area (Å²) < 4.78 is 5.37. The Kier molecular flexibility index (Phi) is 2.40. The van der Waals surface area contributed by atoms with Gasteiger partial charge in [0.15, 0.2) is 5.58 Å². The maximum atomic E-state index is 5.66. The molecule has 0 amide bonds. The fraction of sp³-hybridized carbons (Fsp3) is 0.462. The number of fused-ring (bicyclic) bond motifs is 1. The van der Waals surface area contributed by atoms with Crippen molar-refractivity contribution in [1.82, 2.24) is 5.16 Å². The van der Waals surface area contributed by atoms with Crippen LogP contribution in [0.5, 0.6) is 0 Å². The zero-order valence-corrected chi connectivity index (χ0v) is 9.28. The normalized spacial score (nSPS) is 17.3. The van der Waals surface area contributed by atoms with Crippen LogP contribution in [0.25, 0.3) is 11.0 Å². The molecule has 0 unspecified atom stereocenters. The van der Waals surface area contributed by atoms with E-state index in [1.807, 2.05) is 12.1 Å². The molecule has 1 aromatic heterocycles. The molecule has 0 atom stereocenters. The van der Waals surface area contributed by atoms with Gasteiger partial charge in [-0.2, -0.15) is 0 Å². The van der Waals surface area contributed by atoms with Gasteiger partial charge in [0.2, 0.25) is 0 Å². The number of hydrogen-bond acceptors (Lipinski definition) is 3. The minimum absolute atomic E-state index is 0.575. The van der Waals surface area contributed by atoms with Gasteiger partial charge in [-0.25, -0.2) is 0 Å². The van der Waals surface area contributed by atoms with E-state index in [0.717, 1.165) is 22.2 Å². The van der Waals surface area contributed by atoms with Crippen LogP contribution in [0.3, 0.4) is 0 Å². The van der Waals surface area contributed by atoms with Crippen molar-refractivity contribution in [2.45, 2.75) is 38.1 Å². The number of hydrogen-bond donors (Lipinski definition) is 1. The van der Waals surface area contributed by atoms with E-state index < -0.39 is 0 Å². The standard InChI is InChI=1S/C13H16N2O/c14-8-9-5-6-12-11(7-9)13(15-16-12)10-3-1-2-4-10/h5-7,10H,1-4,8,14H2. The van der Waals surface area contributed by atoms with Crippen LogP contribution in [0, 0.1) is 0 Å². The van der Waals surface area contributed by atoms with Crippen LogP contribution in [-0.2, 0) is 6.54 Å². The van der Waals surface area contributed by atoms with Crippen LogP contribution >= 0.6 is 0 Å². The van der Waals surface area contributed by atoms with Crippen LogP contribution in [0.15, 0.2) is 22.7 Å². The first-order valence-corrected chi connectivity index (χ1v) is 5.97. The average Bonchev–Trinajstić information content (AvgIpc) is 2.96. The Balaban J connectivity index is 2.09. The molecule has 1 aliphatic carbocycles. The number of nitrogens with zero attached hydrogens (tertiary/aromatic N) is 1. The molecule has 84 valence electrons. The summed E-state index contributed by atoms with van der Waals surface area (Å²) >= 11 is 0. The molecule has 1 heterocycles. The smallest absolute Gasteiger partial charge is 0.167 e. The monoisotopic (exact) mass is 216 g/mol. The van der Waals surface area contributed by atoms with Crippen molar-refractivity contribution in [2.24, 2.45) is 5.73 Å². The third-order valence-corrected chi connectivity index (χ3v) is 3.54. The van der Waals surface area contributed by atoms with Crippen molar-refractivity contribution in [3.63, 3.8) is 0 Å². The minimum atomic E-state index is 0.575. The molecule has 0 saturated heterocycles. The summed E-state index contributed by atoms with van der Waals surface area (Å²) in [5, 5.41) is 5.40. The molecule has 3 nitrogen and oxygen atoms in total. The maximum absolute atomic E-state index is 5.66. The third kappa shape index (κ3) is 1.52. The fourth-order valence-corrected chi connectivity index (χ4v) is 2.63. The van der Waals surface area contributed by atoms with E-state index in [1.54, 1.807) is 0 Å². The molecule has 1 aromatic carbocycles. The topological polar surface area (TPSA) is 52.0 Å².